The molecule has 2 unspecified atom stereocenters. The second kappa shape index (κ2) is 17.2. The summed E-state index contributed by atoms with van der Waals surface area (Å²) >= 11 is 0. The molecule has 0 aliphatic heterocycles. The first-order valence-corrected chi connectivity index (χ1v) is 10.1. The highest BCUT2D eigenvalue weighted by molar-refractivity contribution is 5.70. The Morgan fingerprint density at radius 1 is 0.792 bits per heavy atom. The van der Waals surface area contributed by atoms with Crippen molar-refractivity contribution in [3.63, 3.8) is 0 Å². The van der Waals surface area contributed by atoms with Gasteiger partial charge in [-0.2, -0.15) is 0 Å². The number of hydrogen-bond acceptors (Lipinski definition) is 3. The first-order chi connectivity index (χ1) is 11.7. The lowest BCUT2D eigenvalue weighted by molar-refractivity contribution is -0.191. The van der Waals surface area contributed by atoms with E-state index in [-0.39, 0.29) is 0 Å². The number of hydrogen-bond donors (Lipinski definition) is 1. The highest BCUT2D eigenvalue weighted by Gasteiger charge is 2.20. The van der Waals surface area contributed by atoms with E-state index in [1.165, 1.54) is 64.2 Å². The Hall–Kier alpha value is -0.610. The molecule has 0 aliphatic carbocycles. The van der Waals surface area contributed by atoms with Gasteiger partial charge in [0.1, 0.15) is 0 Å². The van der Waals surface area contributed by atoms with Gasteiger partial charge in [0.2, 0.25) is 0 Å². The molecule has 0 rings (SSSR count). The molecule has 0 bridgehead atoms. The summed E-state index contributed by atoms with van der Waals surface area (Å²) in [5, 5.41) is 9.11. The summed E-state index contributed by atoms with van der Waals surface area (Å²) < 4.78 is 10.7. The van der Waals surface area contributed by atoms with Crippen molar-refractivity contribution in [2.75, 3.05) is 13.2 Å². The lowest BCUT2D eigenvalue weighted by atomic mass is 9.95. The summed E-state index contributed by atoms with van der Waals surface area (Å²) in [4.78, 5) is 11.1. The second-order valence-corrected chi connectivity index (χ2v) is 6.73. The van der Waals surface area contributed by atoms with Crippen molar-refractivity contribution in [1.82, 2.24) is 0 Å². The maximum atomic E-state index is 11.1. The fraction of sp³-hybridized carbons (Fsp3) is 0.950. The summed E-state index contributed by atoms with van der Waals surface area (Å²) in [6, 6.07) is 0. The van der Waals surface area contributed by atoms with Gasteiger partial charge in [-0.15, -0.1) is 0 Å². The molecule has 4 heteroatoms. The maximum Gasteiger partial charge on any atom is 0.361 e. The van der Waals surface area contributed by atoms with Gasteiger partial charge in [-0.05, 0) is 25.7 Å². The zero-order valence-corrected chi connectivity index (χ0v) is 16.2. The normalized spacial score (nSPS) is 13.8. The molecule has 144 valence electrons. The van der Waals surface area contributed by atoms with Crippen LogP contribution in [0.3, 0.4) is 0 Å². The Morgan fingerprint density at radius 3 is 1.79 bits per heavy atom. The Kier molecular flexibility index (Phi) is 16.8. The van der Waals surface area contributed by atoms with Crippen LogP contribution in [0.2, 0.25) is 0 Å². The van der Waals surface area contributed by atoms with Crippen LogP contribution >= 0.6 is 0 Å². The van der Waals surface area contributed by atoms with Gasteiger partial charge in [-0.1, -0.05) is 78.1 Å². The highest BCUT2D eigenvalue weighted by Crippen LogP contribution is 2.20. The third-order valence-electron chi connectivity index (χ3n) is 4.43. The van der Waals surface area contributed by atoms with E-state index in [2.05, 4.69) is 13.8 Å². The molecule has 1 N–H and O–H groups in total. The zero-order chi connectivity index (χ0) is 18.0. The lowest BCUT2D eigenvalue weighted by Crippen LogP contribution is -2.29. The summed E-state index contributed by atoms with van der Waals surface area (Å²) in [5.74, 6) is -0.573. The highest BCUT2D eigenvalue weighted by atomic mass is 16.7. The summed E-state index contributed by atoms with van der Waals surface area (Å²) in [7, 11) is 0. The Morgan fingerprint density at radius 2 is 1.29 bits per heavy atom. The Labute approximate surface area is 149 Å². The van der Waals surface area contributed by atoms with E-state index in [4.69, 9.17) is 14.6 Å². The third-order valence-corrected chi connectivity index (χ3v) is 4.43. The van der Waals surface area contributed by atoms with E-state index in [0.29, 0.717) is 19.1 Å². The minimum Gasteiger partial charge on any atom is -0.477 e. The number of aliphatic carboxylic acids is 1. The first-order valence-electron chi connectivity index (χ1n) is 10.1. The van der Waals surface area contributed by atoms with Crippen molar-refractivity contribution < 1.29 is 19.4 Å². The SMILES string of the molecule is CCCCCCCCC(CCCCCC)COC(OCC)C(=O)O. The van der Waals surface area contributed by atoms with Crippen LogP contribution in [0, 0.1) is 5.92 Å². The van der Waals surface area contributed by atoms with Gasteiger partial charge in [0, 0.05) is 6.61 Å². The smallest absolute Gasteiger partial charge is 0.361 e. The number of ether oxygens (including phenoxy) is 2. The molecule has 2 atom stereocenters. The van der Waals surface area contributed by atoms with E-state index in [9.17, 15) is 4.79 Å². The van der Waals surface area contributed by atoms with Gasteiger partial charge in [0.25, 0.3) is 6.29 Å². The van der Waals surface area contributed by atoms with Crippen molar-refractivity contribution in [3.8, 4) is 0 Å². The van der Waals surface area contributed by atoms with Gasteiger partial charge < -0.3 is 14.6 Å². The van der Waals surface area contributed by atoms with Gasteiger partial charge in [0.05, 0.1) is 6.61 Å². The molecular formula is C20H40O4. The standard InChI is InChI=1S/C20H40O4/c1-4-7-9-11-12-14-16-18(15-13-10-8-5-2)17-24-20(19(21)22)23-6-3/h18,20H,4-17H2,1-3H3,(H,21,22). The molecule has 0 aliphatic rings. The summed E-state index contributed by atoms with van der Waals surface area (Å²) in [6.45, 7) is 7.10. The van der Waals surface area contributed by atoms with E-state index in [1.54, 1.807) is 6.92 Å². The molecule has 0 fully saturated rings. The predicted octanol–water partition coefficient (Wildman–Crippen LogP) is 5.79. The molecule has 0 aromatic heterocycles. The number of carbonyl (C=O) groups is 1. The topological polar surface area (TPSA) is 55.8 Å². The maximum absolute atomic E-state index is 11.1. The molecule has 0 heterocycles. The molecule has 0 amide bonds. The first kappa shape index (κ1) is 23.4. The number of rotatable bonds is 18. The van der Waals surface area contributed by atoms with E-state index in [0.717, 1.165) is 12.8 Å². The Balaban J connectivity index is 4.12. The van der Waals surface area contributed by atoms with Crippen molar-refractivity contribution in [1.29, 1.82) is 0 Å². The van der Waals surface area contributed by atoms with E-state index >= 15 is 0 Å². The molecule has 4 nitrogen and oxygen atoms in total. The number of carboxylic acid groups (broad SMARTS) is 1. The molecule has 0 saturated heterocycles. The number of carboxylic acids is 1. The van der Waals surface area contributed by atoms with Crippen LogP contribution in [-0.2, 0) is 14.3 Å². The van der Waals surface area contributed by atoms with Crippen molar-refractivity contribution in [2.45, 2.75) is 104 Å². The fourth-order valence-electron chi connectivity index (χ4n) is 2.95. The van der Waals surface area contributed by atoms with Crippen LogP contribution in [0.1, 0.15) is 97.8 Å². The average Bonchev–Trinajstić information content (AvgIpc) is 2.57. The zero-order valence-electron chi connectivity index (χ0n) is 16.2. The van der Waals surface area contributed by atoms with Gasteiger partial charge in [-0.3, -0.25) is 0 Å². The van der Waals surface area contributed by atoms with Crippen LogP contribution in [0.5, 0.6) is 0 Å². The van der Waals surface area contributed by atoms with Crippen LogP contribution < -0.4 is 0 Å². The quantitative estimate of drug-likeness (QED) is 0.253. The van der Waals surface area contributed by atoms with Crippen LogP contribution in [0.25, 0.3) is 0 Å². The fourth-order valence-corrected chi connectivity index (χ4v) is 2.95. The molecule has 0 aromatic rings. The Bertz CT molecular complexity index is 281. The monoisotopic (exact) mass is 344 g/mol. The predicted molar refractivity (Wildman–Crippen MR) is 99.2 cm³/mol. The summed E-state index contributed by atoms with van der Waals surface area (Å²) in [6.07, 6.45) is 13.9. The average molecular weight is 345 g/mol. The summed E-state index contributed by atoms with van der Waals surface area (Å²) in [5.41, 5.74) is 0. The van der Waals surface area contributed by atoms with Gasteiger partial charge in [0.15, 0.2) is 0 Å². The lowest BCUT2D eigenvalue weighted by Gasteiger charge is -2.20. The van der Waals surface area contributed by atoms with Crippen LogP contribution in [-0.4, -0.2) is 30.6 Å². The minimum atomic E-state index is -1.11. The van der Waals surface area contributed by atoms with Crippen LogP contribution in [0.15, 0.2) is 0 Å². The van der Waals surface area contributed by atoms with Crippen molar-refractivity contribution >= 4 is 5.97 Å². The molecular weight excluding hydrogens is 304 g/mol. The third kappa shape index (κ3) is 13.8. The second-order valence-electron chi connectivity index (χ2n) is 6.73. The van der Waals surface area contributed by atoms with Gasteiger partial charge >= 0.3 is 5.97 Å². The minimum absolute atomic E-state index is 0.357. The van der Waals surface area contributed by atoms with Crippen molar-refractivity contribution in [3.05, 3.63) is 0 Å². The molecule has 0 spiro atoms. The molecule has 0 radical (unpaired) electrons. The van der Waals surface area contributed by atoms with Gasteiger partial charge in [-0.25, -0.2) is 4.79 Å². The largest absolute Gasteiger partial charge is 0.477 e. The number of unbranched alkanes of at least 4 members (excludes halogenated alkanes) is 8. The van der Waals surface area contributed by atoms with Crippen molar-refractivity contribution in [2.24, 2.45) is 5.92 Å². The molecule has 0 aromatic carbocycles. The molecule has 24 heavy (non-hydrogen) atoms. The van der Waals surface area contributed by atoms with E-state index < -0.39 is 12.3 Å². The molecule has 0 saturated carbocycles. The van der Waals surface area contributed by atoms with Crippen LogP contribution in [0.4, 0.5) is 0 Å². The van der Waals surface area contributed by atoms with E-state index in [1.807, 2.05) is 0 Å².